The summed E-state index contributed by atoms with van der Waals surface area (Å²) in [5, 5.41) is 10.2. The molecule has 1 rings (SSSR count). The molecule has 14 heavy (non-hydrogen) atoms. The first-order valence-electron chi connectivity index (χ1n) is 5.38. The van der Waals surface area contributed by atoms with Crippen LogP contribution in [0.3, 0.4) is 0 Å². The number of rotatable bonds is 2. The van der Waals surface area contributed by atoms with Crippen molar-refractivity contribution in [1.29, 1.82) is 0 Å². The monoisotopic (exact) mass is 198 g/mol. The van der Waals surface area contributed by atoms with Gasteiger partial charge in [0.25, 0.3) is 0 Å². The van der Waals surface area contributed by atoms with Gasteiger partial charge in [-0.1, -0.05) is 6.08 Å². The van der Waals surface area contributed by atoms with E-state index in [0.29, 0.717) is 0 Å². The SMILES string of the molecule is C=CC[C@H]1OC(C)(C)CCC[C@]1(C)O. The molecule has 0 radical (unpaired) electrons. The second kappa shape index (κ2) is 4.03. The Labute approximate surface area is 87.0 Å². The van der Waals surface area contributed by atoms with Crippen LogP contribution in [0, 0.1) is 0 Å². The van der Waals surface area contributed by atoms with E-state index in [1.165, 1.54) is 0 Å². The van der Waals surface area contributed by atoms with E-state index >= 15 is 0 Å². The summed E-state index contributed by atoms with van der Waals surface area (Å²) >= 11 is 0. The largest absolute Gasteiger partial charge is 0.387 e. The lowest BCUT2D eigenvalue weighted by Gasteiger charge is -2.34. The van der Waals surface area contributed by atoms with Crippen LogP contribution in [0.2, 0.25) is 0 Å². The summed E-state index contributed by atoms with van der Waals surface area (Å²) in [5.74, 6) is 0. The quantitative estimate of drug-likeness (QED) is 0.691. The van der Waals surface area contributed by atoms with E-state index in [4.69, 9.17) is 4.74 Å². The summed E-state index contributed by atoms with van der Waals surface area (Å²) in [6.07, 6.45) is 5.27. The summed E-state index contributed by atoms with van der Waals surface area (Å²) in [4.78, 5) is 0. The molecule has 1 fully saturated rings. The Morgan fingerprint density at radius 2 is 2.07 bits per heavy atom. The number of hydrogen-bond donors (Lipinski definition) is 1. The molecular weight excluding hydrogens is 176 g/mol. The highest BCUT2D eigenvalue weighted by Gasteiger charge is 2.38. The number of ether oxygens (including phenoxy) is 1. The van der Waals surface area contributed by atoms with E-state index in [2.05, 4.69) is 20.4 Å². The van der Waals surface area contributed by atoms with Gasteiger partial charge in [-0.2, -0.15) is 0 Å². The predicted molar refractivity (Wildman–Crippen MR) is 58.2 cm³/mol. The van der Waals surface area contributed by atoms with Gasteiger partial charge in [-0.15, -0.1) is 6.58 Å². The van der Waals surface area contributed by atoms with E-state index in [1.807, 2.05) is 13.0 Å². The molecule has 1 N–H and O–H groups in total. The first-order chi connectivity index (χ1) is 6.37. The van der Waals surface area contributed by atoms with Crippen LogP contribution in [0.5, 0.6) is 0 Å². The zero-order chi connectivity index (χ0) is 10.8. The molecule has 0 aliphatic carbocycles. The van der Waals surface area contributed by atoms with Gasteiger partial charge in [-0.25, -0.2) is 0 Å². The van der Waals surface area contributed by atoms with Crippen LogP contribution in [0.4, 0.5) is 0 Å². The molecule has 82 valence electrons. The molecule has 0 unspecified atom stereocenters. The Morgan fingerprint density at radius 1 is 1.43 bits per heavy atom. The molecular formula is C12H22O2. The Kier molecular flexibility index (Phi) is 3.38. The molecule has 1 aliphatic rings. The highest BCUT2D eigenvalue weighted by atomic mass is 16.5. The lowest BCUT2D eigenvalue weighted by Crippen LogP contribution is -2.42. The van der Waals surface area contributed by atoms with E-state index < -0.39 is 5.60 Å². The van der Waals surface area contributed by atoms with Crippen LogP contribution >= 0.6 is 0 Å². The van der Waals surface area contributed by atoms with Gasteiger partial charge in [0.05, 0.1) is 17.3 Å². The van der Waals surface area contributed by atoms with Crippen LogP contribution < -0.4 is 0 Å². The summed E-state index contributed by atoms with van der Waals surface area (Å²) in [5.41, 5.74) is -0.823. The van der Waals surface area contributed by atoms with Crippen LogP contribution in [0.25, 0.3) is 0 Å². The molecule has 0 bridgehead atoms. The summed E-state index contributed by atoms with van der Waals surface area (Å²) in [6.45, 7) is 9.75. The molecule has 0 aromatic carbocycles. The maximum absolute atomic E-state index is 10.2. The minimum absolute atomic E-state index is 0.113. The smallest absolute Gasteiger partial charge is 0.0900 e. The van der Waals surface area contributed by atoms with Gasteiger partial charge in [0.1, 0.15) is 0 Å². The molecule has 2 nitrogen and oxygen atoms in total. The molecule has 1 aliphatic heterocycles. The van der Waals surface area contributed by atoms with Gasteiger partial charge in [0.2, 0.25) is 0 Å². The van der Waals surface area contributed by atoms with Gasteiger partial charge in [0, 0.05) is 0 Å². The highest BCUT2D eigenvalue weighted by Crippen LogP contribution is 2.34. The topological polar surface area (TPSA) is 29.5 Å². The lowest BCUT2D eigenvalue weighted by atomic mass is 9.91. The van der Waals surface area contributed by atoms with Crippen LogP contribution in [0.15, 0.2) is 12.7 Å². The van der Waals surface area contributed by atoms with Crippen molar-refractivity contribution in [2.45, 2.75) is 63.8 Å². The Bertz CT molecular complexity index is 206. The zero-order valence-electron chi connectivity index (χ0n) is 9.55. The maximum atomic E-state index is 10.2. The average Bonchev–Trinajstić information content (AvgIpc) is 2.10. The molecule has 0 amide bonds. The van der Waals surface area contributed by atoms with Crippen molar-refractivity contribution in [2.24, 2.45) is 0 Å². The second-order valence-electron chi connectivity index (χ2n) is 5.10. The van der Waals surface area contributed by atoms with Crippen molar-refractivity contribution in [3.8, 4) is 0 Å². The first kappa shape index (κ1) is 11.7. The van der Waals surface area contributed by atoms with Crippen molar-refractivity contribution in [2.75, 3.05) is 0 Å². The Hall–Kier alpha value is -0.340. The van der Waals surface area contributed by atoms with Crippen LogP contribution in [-0.4, -0.2) is 22.4 Å². The predicted octanol–water partition coefficient (Wildman–Crippen LogP) is 2.66. The fourth-order valence-electron chi connectivity index (χ4n) is 2.06. The van der Waals surface area contributed by atoms with E-state index in [-0.39, 0.29) is 11.7 Å². The number of hydrogen-bond acceptors (Lipinski definition) is 2. The van der Waals surface area contributed by atoms with Gasteiger partial charge in [-0.05, 0) is 46.5 Å². The van der Waals surface area contributed by atoms with E-state index in [1.54, 1.807) is 0 Å². The first-order valence-corrected chi connectivity index (χ1v) is 5.38. The minimum atomic E-state index is -0.706. The van der Waals surface area contributed by atoms with Gasteiger partial charge in [-0.3, -0.25) is 0 Å². The zero-order valence-corrected chi connectivity index (χ0v) is 9.55. The molecule has 2 atom stereocenters. The van der Waals surface area contributed by atoms with Gasteiger partial charge in [0.15, 0.2) is 0 Å². The minimum Gasteiger partial charge on any atom is -0.387 e. The summed E-state index contributed by atoms with van der Waals surface area (Å²) < 4.78 is 5.93. The van der Waals surface area contributed by atoms with Crippen molar-refractivity contribution in [3.05, 3.63) is 12.7 Å². The third-order valence-corrected chi connectivity index (χ3v) is 3.00. The molecule has 0 spiro atoms. The molecule has 0 aromatic rings. The van der Waals surface area contributed by atoms with Crippen molar-refractivity contribution in [1.82, 2.24) is 0 Å². The highest BCUT2D eigenvalue weighted by molar-refractivity contribution is 4.92. The Balaban J connectivity index is 2.77. The standard InChI is InChI=1S/C12H22O2/c1-5-7-10-12(4,13)9-6-8-11(2,3)14-10/h5,10,13H,1,6-9H2,2-4H3/t10-,12+/m1/s1. The normalized spacial score (nSPS) is 37.6. The van der Waals surface area contributed by atoms with Crippen LogP contribution in [0.1, 0.15) is 46.5 Å². The molecule has 2 heteroatoms. The van der Waals surface area contributed by atoms with Gasteiger partial charge >= 0.3 is 0 Å². The average molecular weight is 198 g/mol. The van der Waals surface area contributed by atoms with Crippen LogP contribution in [-0.2, 0) is 4.74 Å². The molecule has 0 saturated carbocycles. The fraction of sp³-hybridized carbons (Fsp3) is 0.833. The maximum Gasteiger partial charge on any atom is 0.0900 e. The van der Waals surface area contributed by atoms with Crippen molar-refractivity contribution in [3.63, 3.8) is 0 Å². The van der Waals surface area contributed by atoms with E-state index in [0.717, 1.165) is 25.7 Å². The summed E-state index contributed by atoms with van der Waals surface area (Å²) in [6, 6.07) is 0. The van der Waals surface area contributed by atoms with Gasteiger partial charge < -0.3 is 9.84 Å². The fourth-order valence-corrected chi connectivity index (χ4v) is 2.06. The third-order valence-electron chi connectivity index (χ3n) is 3.00. The van der Waals surface area contributed by atoms with Crippen molar-refractivity contribution < 1.29 is 9.84 Å². The second-order valence-corrected chi connectivity index (χ2v) is 5.10. The lowest BCUT2D eigenvalue weighted by molar-refractivity contribution is -0.142. The van der Waals surface area contributed by atoms with Crippen molar-refractivity contribution >= 4 is 0 Å². The third kappa shape index (κ3) is 2.82. The van der Waals surface area contributed by atoms with E-state index in [9.17, 15) is 5.11 Å². The number of aliphatic hydroxyl groups is 1. The molecule has 1 saturated heterocycles. The summed E-state index contributed by atoms with van der Waals surface area (Å²) in [7, 11) is 0. The molecule has 1 heterocycles. The molecule has 0 aromatic heterocycles. The Morgan fingerprint density at radius 3 is 2.64 bits per heavy atom.